The van der Waals surface area contributed by atoms with Crippen LogP contribution >= 0.6 is 0 Å². The molecular weight excluding hydrogens is 539 g/mol. The number of nitriles is 2. The van der Waals surface area contributed by atoms with E-state index >= 15 is 0 Å². The molecule has 5 nitrogen and oxygen atoms in total. The normalized spacial score (nSPS) is 12.5. The summed E-state index contributed by atoms with van der Waals surface area (Å²) in [4.78, 5) is 0. The number of nitrogens with zero attached hydrogens (tertiary/aromatic N) is 4. The number of benzene rings is 6. The molecule has 44 heavy (non-hydrogen) atoms. The molecule has 10 rings (SSSR count). The van der Waals surface area contributed by atoms with E-state index < -0.39 is 0 Å². The minimum absolute atomic E-state index is 0.307. The van der Waals surface area contributed by atoms with Gasteiger partial charge in [0.1, 0.15) is 5.58 Å². The standard InChI is InChI=1S/C38H19BN4O/c40-20-22-13-15-25-27-16-14-23(21-41)35-36(27)42(33(25)19-22)32-11-5-3-9-30(32)39(35)43-31-10-4-1-7-24(31)28-17-18-29-26-8-2-6-12-34(26)44-38(29)37(28)43/h1-19H. The van der Waals surface area contributed by atoms with Crippen LogP contribution in [-0.2, 0) is 0 Å². The summed E-state index contributed by atoms with van der Waals surface area (Å²) in [6.45, 7) is -0.307. The molecule has 6 aromatic carbocycles. The summed E-state index contributed by atoms with van der Waals surface area (Å²) in [6.07, 6.45) is 0. The molecule has 0 N–H and O–H groups in total. The van der Waals surface area contributed by atoms with Crippen LogP contribution in [0.5, 0.6) is 0 Å². The van der Waals surface area contributed by atoms with Gasteiger partial charge in [-0.1, -0.05) is 72.8 Å². The summed E-state index contributed by atoms with van der Waals surface area (Å²) in [5.41, 5.74) is 10.0. The second kappa shape index (κ2) is 8.19. The van der Waals surface area contributed by atoms with Gasteiger partial charge in [-0.3, -0.25) is 0 Å². The van der Waals surface area contributed by atoms with Gasteiger partial charge < -0.3 is 13.5 Å². The average Bonchev–Trinajstić information content (AvgIpc) is 3.73. The van der Waals surface area contributed by atoms with Crippen LogP contribution in [0.2, 0.25) is 0 Å². The summed E-state index contributed by atoms with van der Waals surface area (Å²) in [5, 5.41) is 26.9. The molecule has 0 spiro atoms. The predicted octanol–water partition coefficient (Wildman–Crippen LogP) is 7.50. The number of hydrogen-bond acceptors (Lipinski definition) is 3. The molecule has 0 amide bonds. The Hall–Kier alpha value is -6.24. The van der Waals surface area contributed by atoms with Crippen LogP contribution < -0.4 is 10.9 Å². The van der Waals surface area contributed by atoms with Crippen molar-refractivity contribution in [2.75, 3.05) is 0 Å². The molecule has 3 aromatic heterocycles. The van der Waals surface area contributed by atoms with Crippen LogP contribution in [0.3, 0.4) is 0 Å². The van der Waals surface area contributed by atoms with Gasteiger partial charge in [-0.05, 0) is 53.4 Å². The second-order valence-corrected chi connectivity index (χ2v) is 11.5. The highest BCUT2D eigenvalue weighted by atomic mass is 16.3. The van der Waals surface area contributed by atoms with Crippen molar-refractivity contribution in [2.45, 2.75) is 0 Å². The number of fused-ring (bicyclic) bond motifs is 12. The highest BCUT2D eigenvalue weighted by Crippen LogP contribution is 2.41. The Bertz CT molecular complexity index is 2820. The Morgan fingerprint density at radius 3 is 2.18 bits per heavy atom. The lowest BCUT2D eigenvalue weighted by atomic mass is 9.47. The van der Waals surface area contributed by atoms with Gasteiger partial charge in [0.05, 0.1) is 39.8 Å². The molecule has 0 saturated heterocycles. The zero-order chi connectivity index (χ0) is 29.1. The van der Waals surface area contributed by atoms with Crippen molar-refractivity contribution in [3.8, 4) is 17.8 Å². The van der Waals surface area contributed by atoms with Gasteiger partial charge in [0.2, 0.25) is 0 Å². The summed E-state index contributed by atoms with van der Waals surface area (Å²) < 4.78 is 11.3. The van der Waals surface area contributed by atoms with Crippen LogP contribution in [0, 0.1) is 22.7 Å². The van der Waals surface area contributed by atoms with Gasteiger partial charge in [0, 0.05) is 43.5 Å². The highest BCUT2D eigenvalue weighted by Gasteiger charge is 2.38. The van der Waals surface area contributed by atoms with E-state index in [4.69, 9.17) is 4.42 Å². The van der Waals surface area contributed by atoms with Crippen molar-refractivity contribution < 1.29 is 4.42 Å². The molecule has 0 saturated carbocycles. The van der Waals surface area contributed by atoms with Gasteiger partial charge in [-0.2, -0.15) is 10.5 Å². The Balaban J connectivity index is 1.46. The van der Waals surface area contributed by atoms with E-state index in [0.29, 0.717) is 11.1 Å². The third-order valence-corrected chi connectivity index (χ3v) is 9.44. The van der Waals surface area contributed by atoms with Crippen molar-refractivity contribution in [1.29, 1.82) is 10.5 Å². The summed E-state index contributed by atoms with van der Waals surface area (Å²) in [5.74, 6) is 0. The minimum Gasteiger partial charge on any atom is -0.454 e. The van der Waals surface area contributed by atoms with Crippen molar-refractivity contribution in [3.63, 3.8) is 0 Å². The summed E-state index contributed by atoms with van der Waals surface area (Å²) >= 11 is 0. The maximum absolute atomic E-state index is 10.6. The Morgan fingerprint density at radius 1 is 0.591 bits per heavy atom. The van der Waals surface area contributed by atoms with E-state index in [0.717, 1.165) is 82.2 Å². The predicted molar refractivity (Wildman–Crippen MR) is 177 cm³/mol. The van der Waals surface area contributed by atoms with Gasteiger partial charge >= 0.3 is 6.85 Å². The molecule has 0 fully saturated rings. The van der Waals surface area contributed by atoms with Gasteiger partial charge in [0.15, 0.2) is 5.58 Å². The van der Waals surface area contributed by atoms with Gasteiger partial charge in [0.25, 0.3) is 0 Å². The maximum atomic E-state index is 10.6. The molecule has 6 heteroatoms. The quantitative estimate of drug-likeness (QED) is 0.196. The average molecular weight is 558 g/mol. The third-order valence-electron chi connectivity index (χ3n) is 9.44. The zero-order valence-electron chi connectivity index (χ0n) is 23.2. The lowest BCUT2D eigenvalue weighted by molar-refractivity contribution is 0.671. The van der Waals surface area contributed by atoms with Crippen LogP contribution in [0.25, 0.3) is 71.2 Å². The molecular formula is C38H19BN4O. The van der Waals surface area contributed by atoms with E-state index in [-0.39, 0.29) is 6.85 Å². The molecule has 0 aliphatic carbocycles. The fourth-order valence-electron chi connectivity index (χ4n) is 7.70. The Labute approximate surface area is 251 Å². The van der Waals surface area contributed by atoms with E-state index in [9.17, 15) is 10.5 Å². The van der Waals surface area contributed by atoms with Crippen LogP contribution in [0.15, 0.2) is 120 Å². The van der Waals surface area contributed by atoms with Gasteiger partial charge in [-0.15, -0.1) is 0 Å². The molecule has 9 aromatic rings. The smallest absolute Gasteiger partial charge is 0.333 e. The largest absolute Gasteiger partial charge is 0.454 e. The van der Waals surface area contributed by atoms with Crippen molar-refractivity contribution in [3.05, 3.63) is 126 Å². The first kappa shape index (κ1) is 23.3. The van der Waals surface area contributed by atoms with Crippen LogP contribution in [0.4, 0.5) is 0 Å². The minimum atomic E-state index is -0.307. The number of hydrogen-bond donors (Lipinski definition) is 0. The Kier molecular flexibility index (Phi) is 4.35. The fraction of sp³-hybridized carbons (Fsp3) is 0. The summed E-state index contributed by atoms with van der Waals surface area (Å²) in [6, 6.07) is 44.2. The van der Waals surface area contributed by atoms with E-state index in [1.165, 1.54) is 0 Å². The lowest BCUT2D eigenvalue weighted by Gasteiger charge is -2.29. The van der Waals surface area contributed by atoms with Crippen molar-refractivity contribution in [1.82, 2.24) is 9.05 Å². The molecule has 0 atom stereocenters. The number of furan rings is 1. The number of aromatic nitrogens is 2. The van der Waals surface area contributed by atoms with E-state index in [1.807, 2.05) is 42.5 Å². The first-order valence-electron chi connectivity index (χ1n) is 14.6. The molecule has 0 unspecified atom stereocenters. The highest BCUT2D eigenvalue weighted by molar-refractivity contribution is 6.89. The monoisotopic (exact) mass is 558 g/mol. The van der Waals surface area contributed by atoms with Crippen LogP contribution in [-0.4, -0.2) is 15.9 Å². The first-order chi connectivity index (χ1) is 21.8. The Morgan fingerprint density at radius 2 is 1.30 bits per heavy atom. The first-order valence-corrected chi connectivity index (χ1v) is 14.6. The molecule has 1 aliphatic rings. The van der Waals surface area contributed by atoms with E-state index in [2.05, 4.69) is 94.0 Å². The third kappa shape index (κ3) is 2.73. The lowest BCUT2D eigenvalue weighted by Crippen LogP contribution is -2.54. The number of para-hydroxylation sites is 3. The molecule has 1 aliphatic heterocycles. The van der Waals surface area contributed by atoms with Gasteiger partial charge in [-0.25, -0.2) is 0 Å². The van der Waals surface area contributed by atoms with Crippen molar-refractivity contribution in [2.24, 2.45) is 0 Å². The second-order valence-electron chi connectivity index (χ2n) is 11.5. The van der Waals surface area contributed by atoms with Crippen LogP contribution in [0.1, 0.15) is 11.1 Å². The fourth-order valence-corrected chi connectivity index (χ4v) is 7.70. The van der Waals surface area contributed by atoms with Crippen molar-refractivity contribution >= 4 is 83.3 Å². The topological polar surface area (TPSA) is 70.6 Å². The SMILES string of the molecule is N#Cc1ccc2c3ccc(C#N)c4c3n(c2c1)-c1ccccc1B4n1c2ccccc2c2ccc3c4ccccc4oc3c21. The van der Waals surface area contributed by atoms with E-state index in [1.54, 1.807) is 0 Å². The summed E-state index contributed by atoms with van der Waals surface area (Å²) in [7, 11) is 0. The zero-order valence-corrected chi connectivity index (χ0v) is 23.2. The number of rotatable bonds is 1. The molecule has 0 bridgehead atoms. The maximum Gasteiger partial charge on any atom is 0.333 e. The molecule has 0 radical (unpaired) electrons. The molecule has 200 valence electrons. The molecule has 4 heterocycles.